The third kappa shape index (κ3) is 16.7. The number of thioether (sulfide) groups is 1. The highest BCUT2D eigenvalue weighted by atomic mass is 32.2. The second kappa shape index (κ2) is 23.5. The number of ether oxygens (including phenoxy) is 5. The average Bonchev–Trinajstić information content (AvgIpc) is 3.90. The minimum Gasteiger partial charge on any atom is -0.379 e. The van der Waals surface area contributed by atoms with Crippen molar-refractivity contribution < 1.29 is 95.5 Å². The second-order valence-corrected chi connectivity index (χ2v) is 15.5. The Bertz CT molecular complexity index is 1640. The first-order valence-electron chi connectivity index (χ1n) is 19.2. The molecule has 4 amide bonds. The number of nitrogens with one attached hydrogen (secondary N) is 4. The molecule has 2 aliphatic rings. The van der Waals surface area contributed by atoms with Gasteiger partial charge in [0, 0.05) is 62.2 Å². The Kier molecular flexibility index (Phi) is 20.0. The van der Waals surface area contributed by atoms with Gasteiger partial charge in [0.25, 0.3) is 11.8 Å². The number of carbonyl (C=O) groups is 4. The van der Waals surface area contributed by atoms with E-state index in [0.29, 0.717) is 36.2 Å². The van der Waals surface area contributed by atoms with Crippen molar-refractivity contribution in [3.63, 3.8) is 0 Å². The molecule has 0 spiro atoms. The van der Waals surface area contributed by atoms with Gasteiger partial charge >= 0.3 is 30.2 Å². The molecular formula is C34H47F12N7O9S. The van der Waals surface area contributed by atoms with Crippen LogP contribution in [0.25, 0.3) is 0 Å². The van der Waals surface area contributed by atoms with Gasteiger partial charge < -0.3 is 40.2 Å². The lowest BCUT2D eigenvalue weighted by Crippen LogP contribution is -2.66. The molecule has 3 unspecified atom stereocenters. The largest absolute Gasteiger partial charge is 0.458 e. The summed E-state index contributed by atoms with van der Waals surface area (Å²) >= 11 is 1.89. The van der Waals surface area contributed by atoms with Gasteiger partial charge in [0.05, 0.1) is 58.9 Å². The number of alkyl halides is 12. The van der Waals surface area contributed by atoms with Gasteiger partial charge in [-0.05, 0) is 12.8 Å². The Morgan fingerprint density at radius 1 is 0.825 bits per heavy atom. The molecule has 0 aromatic carbocycles. The molecule has 0 aliphatic carbocycles. The predicted octanol–water partition coefficient (Wildman–Crippen LogP) is 3.48. The van der Waals surface area contributed by atoms with Crippen LogP contribution < -0.4 is 21.3 Å². The fourth-order valence-electron chi connectivity index (χ4n) is 5.85. The molecule has 2 aliphatic heterocycles. The first kappa shape index (κ1) is 53.7. The Morgan fingerprint density at radius 2 is 1.46 bits per heavy atom. The van der Waals surface area contributed by atoms with Crippen LogP contribution >= 0.6 is 11.8 Å². The lowest BCUT2D eigenvalue weighted by molar-refractivity contribution is -0.498. The Balaban J connectivity index is 1.20. The molecule has 5 atom stereocenters. The smallest absolute Gasteiger partial charge is 0.379 e. The van der Waals surface area contributed by atoms with Crippen LogP contribution in [-0.4, -0.2) is 151 Å². The molecule has 2 saturated heterocycles. The van der Waals surface area contributed by atoms with Crippen LogP contribution in [-0.2, 0) is 56.0 Å². The van der Waals surface area contributed by atoms with Gasteiger partial charge in [0.1, 0.15) is 12.3 Å². The number of halogens is 12. The quantitative estimate of drug-likeness (QED) is 0.0677. The van der Waals surface area contributed by atoms with Crippen molar-refractivity contribution in [2.24, 2.45) is 5.92 Å². The number of hydrogen-bond acceptors (Lipinski definition) is 12. The van der Waals surface area contributed by atoms with Crippen molar-refractivity contribution >= 4 is 35.4 Å². The third-order valence-corrected chi connectivity index (χ3v) is 10.6. The molecule has 3 rings (SSSR count). The monoisotopic (exact) mass is 957 g/mol. The van der Waals surface area contributed by atoms with E-state index < -0.39 is 67.7 Å². The van der Waals surface area contributed by atoms with Gasteiger partial charge in [-0.3, -0.25) is 23.9 Å². The Morgan fingerprint density at radius 3 is 2.11 bits per heavy atom. The molecule has 362 valence electrons. The van der Waals surface area contributed by atoms with Gasteiger partial charge in [-0.15, -0.1) is 5.10 Å². The van der Waals surface area contributed by atoms with Crippen molar-refractivity contribution in [3.8, 4) is 0 Å². The van der Waals surface area contributed by atoms with Gasteiger partial charge in [-0.1, -0.05) is 11.6 Å². The van der Waals surface area contributed by atoms with Crippen LogP contribution in [0, 0.1) is 5.92 Å². The molecule has 63 heavy (non-hydrogen) atoms. The van der Waals surface area contributed by atoms with E-state index in [1.807, 2.05) is 11.8 Å². The summed E-state index contributed by atoms with van der Waals surface area (Å²) in [6.45, 7) is -4.39. The molecule has 0 radical (unpaired) electrons. The third-order valence-electron chi connectivity index (χ3n) is 9.05. The topological polar surface area (TPSA) is 193 Å². The fraction of sp³-hybridized carbons (Fsp3) is 0.824. The number of carbonyl (C=O) groups excluding carboxylic acids is 4. The number of nitrogens with zero attached hydrogens (tertiary/aromatic N) is 3. The summed E-state index contributed by atoms with van der Waals surface area (Å²) in [4.78, 5) is 47.6. The Labute approximate surface area is 355 Å². The Hall–Kier alpha value is -3.67. The normalized spacial score (nSPS) is 20.1. The van der Waals surface area contributed by atoms with Crippen molar-refractivity contribution in [2.45, 2.75) is 106 Å². The van der Waals surface area contributed by atoms with Crippen LogP contribution in [0.5, 0.6) is 0 Å². The van der Waals surface area contributed by atoms with E-state index in [9.17, 15) is 71.9 Å². The maximum absolute atomic E-state index is 14.6. The standard InChI is InChI=1S/C34H47F12N7O9S/c1-29(35,36)20-61-31(38,33(42,43)44)34(45,46)62-30(37,32(39,40)41)28(57)48-8-12-59-11-7-47-26(55)6-10-58-14-15-60-13-9-53-18-21(51-52-53)17-49-25(54)5-3-2-4-24-22-16-27(56)50-23(22)19-63-24/h18,22-24H,2-17,19-20H2,1H3,(H,47,55)(H,48,57)(H,49,54)(H,50,56)/t22-,23-,24?,30?,31?/m0/s1. The van der Waals surface area contributed by atoms with Crippen molar-refractivity contribution in [2.75, 3.05) is 65.1 Å². The molecule has 0 bridgehead atoms. The van der Waals surface area contributed by atoms with E-state index in [2.05, 4.69) is 35.7 Å². The zero-order valence-corrected chi connectivity index (χ0v) is 34.3. The molecular weight excluding hydrogens is 910 g/mol. The van der Waals surface area contributed by atoms with E-state index in [-0.39, 0.29) is 77.3 Å². The molecule has 4 N–H and O–H groups in total. The van der Waals surface area contributed by atoms with Crippen molar-refractivity contribution in [1.82, 2.24) is 36.3 Å². The number of hydrogen-bond donors (Lipinski definition) is 4. The summed E-state index contributed by atoms with van der Waals surface area (Å²) in [5, 5.41) is 17.7. The first-order chi connectivity index (χ1) is 29.3. The van der Waals surface area contributed by atoms with Crippen LogP contribution in [0.4, 0.5) is 52.7 Å². The number of amides is 4. The molecule has 0 saturated carbocycles. The lowest BCUT2D eigenvalue weighted by Gasteiger charge is -2.37. The summed E-state index contributed by atoms with van der Waals surface area (Å²) in [5.41, 5.74) is 0.561. The van der Waals surface area contributed by atoms with Crippen LogP contribution in [0.1, 0.15) is 51.1 Å². The van der Waals surface area contributed by atoms with E-state index >= 15 is 0 Å². The van der Waals surface area contributed by atoms with Crippen molar-refractivity contribution in [3.05, 3.63) is 11.9 Å². The number of aromatic nitrogens is 3. The molecule has 2 fully saturated rings. The summed E-state index contributed by atoms with van der Waals surface area (Å²) in [5.74, 6) is -19.9. The predicted molar refractivity (Wildman–Crippen MR) is 192 cm³/mol. The second-order valence-electron chi connectivity index (χ2n) is 14.3. The summed E-state index contributed by atoms with van der Waals surface area (Å²) in [6.07, 6.45) is -15.9. The summed E-state index contributed by atoms with van der Waals surface area (Å²) in [6, 6.07) is 0.272. The SMILES string of the molecule is CC(F)(F)COC(F)(C(F)(F)F)C(F)(F)OC(F)(C(=O)NCCOCCNC(=O)CCOCCOCCn1cc(CNC(=O)CCCCC2SC[C@@H]3NC(=O)C[C@H]23)nn1)C(F)(F)F. The highest BCUT2D eigenvalue weighted by Crippen LogP contribution is 2.51. The van der Waals surface area contributed by atoms with E-state index in [1.54, 1.807) is 6.20 Å². The highest BCUT2D eigenvalue weighted by Gasteiger charge is 2.80. The first-order valence-corrected chi connectivity index (χ1v) is 20.3. The molecule has 1 aromatic rings. The molecule has 1 aromatic heterocycles. The minimum atomic E-state index is -7.08. The maximum atomic E-state index is 14.6. The van der Waals surface area contributed by atoms with Crippen LogP contribution in [0.15, 0.2) is 6.20 Å². The van der Waals surface area contributed by atoms with Gasteiger partial charge in [0.15, 0.2) is 0 Å². The van der Waals surface area contributed by atoms with Crippen molar-refractivity contribution in [1.29, 1.82) is 0 Å². The van der Waals surface area contributed by atoms with Crippen LogP contribution in [0.3, 0.4) is 0 Å². The zero-order valence-electron chi connectivity index (χ0n) is 33.5. The van der Waals surface area contributed by atoms with Gasteiger partial charge in [-0.2, -0.15) is 55.7 Å². The van der Waals surface area contributed by atoms with E-state index in [1.165, 1.54) is 4.68 Å². The number of rotatable bonds is 29. The average molecular weight is 958 g/mol. The fourth-order valence-corrected chi connectivity index (χ4v) is 7.50. The summed E-state index contributed by atoms with van der Waals surface area (Å²) < 4.78 is 184. The number of unbranched alkanes of at least 4 members (excludes halogenated alkanes) is 1. The summed E-state index contributed by atoms with van der Waals surface area (Å²) in [7, 11) is 0. The van der Waals surface area contributed by atoms with Crippen LogP contribution in [0.2, 0.25) is 0 Å². The van der Waals surface area contributed by atoms with E-state index in [4.69, 9.17) is 14.2 Å². The van der Waals surface area contributed by atoms with E-state index in [0.717, 1.165) is 30.3 Å². The van der Waals surface area contributed by atoms with Gasteiger partial charge in [0.2, 0.25) is 17.7 Å². The lowest BCUT2D eigenvalue weighted by atomic mass is 9.94. The molecule has 3 heterocycles. The minimum absolute atomic E-state index is 0.0321. The molecule has 29 heteroatoms. The zero-order chi connectivity index (χ0) is 47.1. The molecule has 16 nitrogen and oxygen atoms in total. The number of fused-ring (bicyclic) bond motifs is 1. The highest BCUT2D eigenvalue weighted by molar-refractivity contribution is 8.00. The maximum Gasteiger partial charge on any atom is 0.458 e. The van der Waals surface area contributed by atoms with Gasteiger partial charge in [-0.25, -0.2) is 13.5 Å².